The van der Waals surface area contributed by atoms with Crippen molar-refractivity contribution in [3.63, 3.8) is 0 Å². The molecular weight excluding hydrogens is 278 g/mol. The molecule has 2 aromatic heterocycles. The second-order valence-corrected chi connectivity index (χ2v) is 4.80. The van der Waals surface area contributed by atoms with E-state index in [4.69, 9.17) is 0 Å². The summed E-state index contributed by atoms with van der Waals surface area (Å²) in [7, 11) is 0. The van der Waals surface area contributed by atoms with E-state index < -0.39 is 0 Å². The number of nitrogens with zero attached hydrogens (tertiary/aromatic N) is 3. The number of pyridine rings is 1. The molecular formula is C13H10BrN3. The zero-order chi connectivity index (χ0) is 11.8. The SMILES string of the molecule is Cc1cccc(-n2ncc3c(Br)cncc32)c1. The van der Waals surface area contributed by atoms with Crippen molar-refractivity contribution in [3.05, 3.63) is 52.9 Å². The molecule has 17 heavy (non-hydrogen) atoms. The highest BCUT2D eigenvalue weighted by Crippen LogP contribution is 2.24. The number of fused-ring (bicyclic) bond motifs is 1. The summed E-state index contributed by atoms with van der Waals surface area (Å²) in [5, 5.41) is 5.49. The second-order valence-electron chi connectivity index (χ2n) is 3.95. The molecule has 0 unspecified atom stereocenters. The molecule has 0 atom stereocenters. The Morgan fingerprint density at radius 2 is 2.06 bits per heavy atom. The smallest absolute Gasteiger partial charge is 0.0935 e. The van der Waals surface area contributed by atoms with Crippen LogP contribution < -0.4 is 0 Å². The Morgan fingerprint density at radius 3 is 2.88 bits per heavy atom. The molecule has 0 saturated heterocycles. The average Bonchev–Trinajstić information content (AvgIpc) is 2.74. The van der Waals surface area contributed by atoms with E-state index in [9.17, 15) is 0 Å². The van der Waals surface area contributed by atoms with Crippen LogP contribution in [0.4, 0.5) is 0 Å². The van der Waals surface area contributed by atoms with Crippen molar-refractivity contribution in [3.8, 4) is 5.69 Å². The first-order valence-electron chi connectivity index (χ1n) is 5.30. The first-order valence-corrected chi connectivity index (χ1v) is 6.09. The van der Waals surface area contributed by atoms with E-state index in [0.29, 0.717) is 0 Å². The minimum Gasteiger partial charge on any atom is -0.261 e. The van der Waals surface area contributed by atoms with Gasteiger partial charge in [0.25, 0.3) is 0 Å². The van der Waals surface area contributed by atoms with Crippen molar-refractivity contribution in [2.45, 2.75) is 6.92 Å². The van der Waals surface area contributed by atoms with Crippen molar-refractivity contribution in [1.82, 2.24) is 14.8 Å². The van der Waals surface area contributed by atoms with Gasteiger partial charge in [0.05, 0.1) is 23.6 Å². The maximum absolute atomic E-state index is 4.41. The lowest BCUT2D eigenvalue weighted by atomic mass is 10.2. The molecule has 3 rings (SSSR count). The Hall–Kier alpha value is -1.68. The van der Waals surface area contributed by atoms with Crippen molar-refractivity contribution < 1.29 is 0 Å². The summed E-state index contributed by atoms with van der Waals surface area (Å²) in [6, 6.07) is 8.25. The predicted molar refractivity (Wildman–Crippen MR) is 71.3 cm³/mol. The summed E-state index contributed by atoms with van der Waals surface area (Å²) >= 11 is 3.48. The number of hydrogen-bond donors (Lipinski definition) is 0. The van der Waals surface area contributed by atoms with Crippen LogP contribution in [0.2, 0.25) is 0 Å². The van der Waals surface area contributed by atoms with Gasteiger partial charge in [-0.1, -0.05) is 12.1 Å². The molecule has 0 radical (unpaired) electrons. The Kier molecular flexibility index (Phi) is 2.44. The summed E-state index contributed by atoms with van der Waals surface area (Å²) < 4.78 is 2.87. The van der Waals surface area contributed by atoms with Crippen LogP contribution in [0.1, 0.15) is 5.56 Å². The lowest BCUT2D eigenvalue weighted by Gasteiger charge is -2.04. The van der Waals surface area contributed by atoms with Crippen LogP contribution in [0.5, 0.6) is 0 Å². The monoisotopic (exact) mass is 287 g/mol. The molecule has 0 saturated carbocycles. The zero-order valence-corrected chi connectivity index (χ0v) is 10.8. The summed E-state index contributed by atoms with van der Waals surface area (Å²) in [5.74, 6) is 0. The van der Waals surface area contributed by atoms with E-state index in [1.165, 1.54) is 5.56 Å². The van der Waals surface area contributed by atoms with Gasteiger partial charge in [0.1, 0.15) is 0 Å². The van der Waals surface area contributed by atoms with E-state index >= 15 is 0 Å². The highest BCUT2D eigenvalue weighted by molar-refractivity contribution is 9.10. The van der Waals surface area contributed by atoms with Crippen LogP contribution in [0.15, 0.2) is 47.3 Å². The molecule has 3 nitrogen and oxygen atoms in total. The summed E-state index contributed by atoms with van der Waals surface area (Å²) in [6.45, 7) is 2.07. The molecule has 0 amide bonds. The van der Waals surface area contributed by atoms with Crippen molar-refractivity contribution in [1.29, 1.82) is 0 Å². The second kappa shape index (κ2) is 3.96. The normalized spacial score (nSPS) is 10.9. The van der Waals surface area contributed by atoms with E-state index in [1.807, 2.05) is 29.2 Å². The summed E-state index contributed by atoms with van der Waals surface area (Å²) in [6.07, 6.45) is 5.46. The minimum atomic E-state index is 0.967. The Labute approximate surface area is 107 Å². The molecule has 0 fully saturated rings. The number of rotatable bonds is 1. The number of halogens is 1. The quantitative estimate of drug-likeness (QED) is 0.686. The van der Waals surface area contributed by atoms with Gasteiger partial charge in [-0.05, 0) is 40.5 Å². The summed E-state index contributed by atoms with van der Waals surface area (Å²) in [5.41, 5.74) is 3.28. The van der Waals surface area contributed by atoms with E-state index in [2.05, 4.69) is 45.1 Å². The molecule has 4 heteroatoms. The summed E-state index contributed by atoms with van der Waals surface area (Å²) in [4.78, 5) is 4.19. The minimum absolute atomic E-state index is 0.967. The van der Waals surface area contributed by atoms with Gasteiger partial charge in [0.2, 0.25) is 0 Å². The molecule has 1 aromatic carbocycles. The van der Waals surface area contributed by atoms with Crippen LogP contribution in [-0.2, 0) is 0 Å². The van der Waals surface area contributed by atoms with Crippen LogP contribution >= 0.6 is 15.9 Å². The molecule has 0 aliphatic rings. The standard InChI is InChI=1S/C13H10BrN3/c1-9-3-2-4-10(5-9)17-13-8-15-7-12(14)11(13)6-16-17/h2-8H,1H3. The fraction of sp³-hybridized carbons (Fsp3) is 0.0769. The third kappa shape index (κ3) is 1.74. The van der Waals surface area contributed by atoms with Gasteiger partial charge in [-0.15, -0.1) is 0 Å². The van der Waals surface area contributed by atoms with Gasteiger partial charge < -0.3 is 0 Å². The van der Waals surface area contributed by atoms with Gasteiger partial charge in [0, 0.05) is 16.1 Å². The molecule has 3 aromatic rings. The molecule has 0 aliphatic heterocycles. The van der Waals surface area contributed by atoms with Gasteiger partial charge in [-0.25, -0.2) is 4.68 Å². The van der Waals surface area contributed by atoms with Crippen LogP contribution in [0.3, 0.4) is 0 Å². The van der Waals surface area contributed by atoms with Crippen LogP contribution in [-0.4, -0.2) is 14.8 Å². The lowest BCUT2D eigenvalue weighted by Crippen LogP contribution is -1.96. The van der Waals surface area contributed by atoms with E-state index in [0.717, 1.165) is 21.1 Å². The Bertz CT molecular complexity index is 688. The topological polar surface area (TPSA) is 30.7 Å². The van der Waals surface area contributed by atoms with Gasteiger partial charge in [0.15, 0.2) is 0 Å². The highest BCUT2D eigenvalue weighted by atomic mass is 79.9. The largest absolute Gasteiger partial charge is 0.261 e. The van der Waals surface area contributed by atoms with Crippen LogP contribution in [0, 0.1) is 6.92 Å². The van der Waals surface area contributed by atoms with Crippen molar-refractivity contribution in [2.24, 2.45) is 0 Å². The first-order chi connectivity index (χ1) is 8.25. The molecule has 0 aliphatic carbocycles. The fourth-order valence-electron chi connectivity index (χ4n) is 1.87. The molecule has 2 heterocycles. The maximum atomic E-state index is 4.41. The van der Waals surface area contributed by atoms with E-state index in [1.54, 1.807) is 6.20 Å². The number of hydrogen-bond acceptors (Lipinski definition) is 2. The molecule has 0 spiro atoms. The van der Waals surface area contributed by atoms with Crippen molar-refractivity contribution in [2.75, 3.05) is 0 Å². The lowest BCUT2D eigenvalue weighted by molar-refractivity contribution is 0.907. The molecule has 0 bridgehead atoms. The highest BCUT2D eigenvalue weighted by Gasteiger charge is 2.07. The number of aromatic nitrogens is 3. The third-order valence-corrected chi connectivity index (χ3v) is 3.33. The zero-order valence-electron chi connectivity index (χ0n) is 9.26. The molecule has 0 N–H and O–H groups in total. The van der Waals surface area contributed by atoms with Crippen molar-refractivity contribution >= 4 is 26.8 Å². The molecule has 84 valence electrons. The fourth-order valence-corrected chi connectivity index (χ4v) is 2.30. The van der Waals surface area contributed by atoms with Gasteiger partial charge >= 0.3 is 0 Å². The number of benzene rings is 1. The van der Waals surface area contributed by atoms with Crippen LogP contribution in [0.25, 0.3) is 16.6 Å². The third-order valence-electron chi connectivity index (χ3n) is 2.69. The first kappa shape index (κ1) is 10.5. The predicted octanol–water partition coefficient (Wildman–Crippen LogP) is 3.49. The van der Waals surface area contributed by atoms with Gasteiger partial charge in [-0.3, -0.25) is 4.98 Å². The maximum Gasteiger partial charge on any atom is 0.0935 e. The number of aryl methyl sites for hydroxylation is 1. The Balaban J connectivity index is 2.28. The van der Waals surface area contributed by atoms with E-state index in [-0.39, 0.29) is 0 Å². The average molecular weight is 288 g/mol. The van der Waals surface area contributed by atoms with Gasteiger partial charge in [-0.2, -0.15) is 5.10 Å². The Morgan fingerprint density at radius 1 is 1.18 bits per heavy atom.